The third-order valence-corrected chi connectivity index (χ3v) is 9.11. The summed E-state index contributed by atoms with van der Waals surface area (Å²) in [5.41, 5.74) is 0.839. The minimum absolute atomic E-state index is 0.0777. The van der Waals surface area contributed by atoms with Crippen LogP contribution in [0.2, 0.25) is 0 Å². The predicted molar refractivity (Wildman–Crippen MR) is 135 cm³/mol. The number of benzene rings is 2. The van der Waals surface area contributed by atoms with Crippen molar-refractivity contribution < 1.29 is 31.1 Å². The van der Waals surface area contributed by atoms with Crippen LogP contribution in [0.4, 0.5) is 13.2 Å². The SMILES string of the molecule is COCCCN(CC(=O)N1CCc2sccc2C1c1ccccc1)S(=O)(=O)c1cccc(C(F)(F)F)c1. The summed E-state index contributed by atoms with van der Waals surface area (Å²) in [4.78, 5) is 16.0. The molecule has 1 atom stereocenters. The number of sulfonamides is 1. The van der Waals surface area contributed by atoms with E-state index >= 15 is 0 Å². The van der Waals surface area contributed by atoms with Crippen molar-refractivity contribution in [2.75, 3.05) is 33.4 Å². The van der Waals surface area contributed by atoms with Crippen LogP contribution in [0.15, 0.2) is 70.9 Å². The minimum Gasteiger partial charge on any atom is -0.385 e. The second-order valence-electron chi connectivity index (χ2n) is 8.66. The number of halogens is 3. The highest BCUT2D eigenvalue weighted by Gasteiger charge is 2.37. The summed E-state index contributed by atoms with van der Waals surface area (Å²) in [5, 5.41) is 1.98. The predicted octanol–water partition coefficient (Wildman–Crippen LogP) is 4.97. The smallest absolute Gasteiger partial charge is 0.385 e. The molecule has 1 unspecified atom stereocenters. The number of fused-ring (bicyclic) bond motifs is 1. The fraction of sp³-hybridized carbons (Fsp3) is 0.346. The second-order valence-corrected chi connectivity index (χ2v) is 11.6. The topological polar surface area (TPSA) is 66.9 Å². The van der Waals surface area contributed by atoms with E-state index in [4.69, 9.17) is 4.74 Å². The second kappa shape index (κ2) is 11.3. The van der Waals surface area contributed by atoms with E-state index in [-0.39, 0.29) is 25.6 Å². The van der Waals surface area contributed by atoms with Gasteiger partial charge in [-0.05, 0) is 53.6 Å². The average Bonchev–Trinajstić information content (AvgIpc) is 3.36. The highest BCUT2D eigenvalue weighted by Crippen LogP contribution is 2.38. The lowest BCUT2D eigenvalue weighted by atomic mass is 9.93. The molecule has 0 bridgehead atoms. The third kappa shape index (κ3) is 6.06. The van der Waals surface area contributed by atoms with Gasteiger partial charge in [-0.1, -0.05) is 36.4 Å². The lowest BCUT2D eigenvalue weighted by Gasteiger charge is -2.37. The Morgan fingerprint density at radius 3 is 2.59 bits per heavy atom. The number of hydrogen-bond acceptors (Lipinski definition) is 5. The molecule has 6 nitrogen and oxygen atoms in total. The van der Waals surface area contributed by atoms with Crippen LogP contribution in [0.5, 0.6) is 0 Å². The van der Waals surface area contributed by atoms with E-state index in [0.717, 1.165) is 33.6 Å². The Morgan fingerprint density at radius 2 is 1.89 bits per heavy atom. The number of carbonyl (C=O) groups is 1. The molecule has 0 radical (unpaired) electrons. The maximum atomic E-state index is 13.7. The van der Waals surface area contributed by atoms with Crippen molar-refractivity contribution in [3.8, 4) is 0 Å². The summed E-state index contributed by atoms with van der Waals surface area (Å²) in [6.45, 7) is 0.0651. The van der Waals surface area contributed by atoms with Gasteiger partial charge in [0, 0.05) is 31.7 Å². The molecular formula is C26H27F3N2O4S2. The molecule has 1 amide bonds. The molecule has 0 N–H and O–H groups in total. The van der Waals surface area contributed by atoms with Gasteiger partial charge in [0.25, 0.3) is 0 Å². The van der Waals surface area contributed by atoms with Gasteiger partial charge in [0.1, 0.15) is 0 Å². The van der Waals surface area contributed by atoms with Crippen LogP contribution in [0, 0.1) is 0 Å². The zero-order valence-electron chi connectivity index (χ0n) is 20.1. The molecule has 0 saturated heterocycles. The van der Waals surface area contributed by atoms with Gasteiger partial charge in [0.05, 0.1) is 23.0 Å². The molecule has 11 heteroatoms. The van der Waals surface area contributed by atoms with Crippen molar-refractivity contribution in [3.05, 3.63) is 87.6 Å². The van der Waals surface area contributed by atoms with E-state index in [1.54, 1.807) is 16.2 Å². The van der Waals surface area contributed by atoms with Gasteiger partial charge in [0.15, 0.2) is 0 Å². The molecule has 1 aliphatic heterocycles. The lowest BCUT2D eigenvalue weighted by molar-refractivity contribution is -0.137. The first-order chi connectivity index (χ1) is 17.6. The normalized spacial score (nSPS) is 16.1. The lowest BCUT2D eigenvalue weighted by Crippen LogP contribution is -2.47. The summed E-state index contributed by atoms with van der Waals surface area (Å²) >= 11 is 1.62. The fourth-order valence-corrected chi connectivity index (χ4v) is 6.85. The summed E-state index contributed by atoms with van der Waals surface area (Å²) < 4.78 is 72.8. The van der Waals surface area contributed by atoms with Crippen LogP contribution in [-0.4, -0.2) is 56.9 Å². The molecule has 1 aromatic heterocycles. The van der Waals surface area contributed by atoms with Crippen molar-refractivity contribution in [3.63, 3.8) is 0 Å². The van der Waals surface area contributed by atoms with Gasteiger partial charge in [0.2, 0.25) is 15.9 Å². The molecule has 0 spiro atoms. The number of thiophene rings is 1. The first-order valence-corrected chi connectivity index (χ1v) is 14.0. The van der Waals surface area contributed by atoms with Crippen LogP contribution >= 0.6 is 11.3 Å². The van der Waals surface area contributed by atoms with Gasteiger partial charge >= 0.3 is 6.18 Å². The Hall–Kier alpha value is -2.73. The summed E-state index contributed by atoms with van der Waals surface area (Å²) in [5.74, 6) is -0.418. The summed E-state index contributed by atoms with van der Waals surface area (Å²) in [7, 11) is -2.93. The van der Waals surface area contributed by atoms with Crippen LogP contribution in [0.1, 0.15) is 34.0 Å². The van der Waals surface area contributed by atoms with Gasteiger partial charge in [-0.15, -0.1) is 11.3 Å². The van der Waals surface area contributed by atoms with E-state index in [1.807, 2.05) is 41.8 Å². The van der Waals surface area contributed by atoms with Gasteiger partial charge in [-0.3, -0.25) is 4.79 Å². The van der Waals surface area contributed by atoms with Crippen molar-refractivity contribution in [1.29, 1.82) is 0 Å². The Balaban J connectivity index is 1.65. The highest BCUT2D eigenvalue weighted by atomic mass is 32.2. The fourth-order valence-electron chi connectivity index (χ4n) is 4.47. The van der Waals surface area contributed by atoms with Crippen LogP contribution < -0.4 is 0 Å². The number of amides is 1. The summed E-state index contributed by atoms with van der Waals surface area (Å²) in [6, 6.07) is 14.7. The van der Waals surface area contributed by atoms with E-state index in [9.17, 15) is 26.4 Å². The minimum atomic E-state index is -4.70. The summed E-state index contributed by atoms with van der Waals surface area (Å²) in [6.07, 6.45) is -3.78. The van der Waals surface area contributed by atoms with E-state index in [1.165, 1.54) is 12.0 Å². The van der Waals surface area contributed by atoms with Crippen molar-refractivity contribution in [2.24, 2.45) is 0 Å². The van der Waals surface area contributed by atoms with Crippen LogP contribution in [-0.2, 0) is 32.2 Å². The molecule has 2 heterocycles. The van der Waals surface area contributed by atoms with Crippen LogP contribution in [0.3, 0.4) is 0 Å². The van der Waals surface area contributed by atoms with Crippen molar-refractivity contribution >= 4 is 27.3 Å². The molecule has 198 valence electrons. The molecule has 0 saturated carbocycles. The molecule has 0 aliphatic carbocycles. The number of nitrogens with zero attached hydrogens (tertiary/aromatic N) is 2. The van der Waals surface area contributed by atoms with E-state index in [2.05, 4.69) is 0 Å². The Kier molecular flexibility index (Phi) is 8.37. The largest absolute Gasteiger partial charge is 0.416 e. The molecule has 37 heavy (non-hydrogen) atoms. The number of alkyl halides is 3. The first kappa shape index (κ1) is 27.3. The maximum Gasteiger partial charge on any atom is 0.416 e. The number of hydrogen-bond donors (Lipinski definition) is 0. The standard InChI is InChI=1S/C26H27F3N2O4S2/c1-35-15-6-13-30(37(33,34)21-10-5-9-20(17-21)26(27,28)29)18-24(32)31-14-11-23-22(12-16-36-23)25(31)19-7-3-2-4-8-19/h2-5,7-10,12,16-17,25H,6,11,13-15,18H2,1H3. The van der Waals surface area contributed by atoms with Crippen molar-refractivity contribution in [1.82, 2.24) is 9.21 Å². The Labute approximate surface area is 218 Å². The van der Waals surface area contributed by atoms with Crippen molar-refractivity contribution in [2.45, 2.75) is 30.0 Å². The molecular weight excluding hydrogens is 525 g/mol. The Bertz CT molecular complexity index is 1330. The molecule has 1 aliphatic rings. The quantitative estimate of drug-likeness (QED) is 0.352. The maximum absolute atomic E-state index is 13.7. The number of methoxy groups -OCH3 is 1. The van der Waals surface area contributed by atoms with Gasteiger partial charge in [-0.25, -0.2) is 8.42 Å². The van der Waals surface area contributed by atoms with Crippen LogP contribution in [0.25, 0.3) is 0 Å². The first-order valence-electron chi connectivity index (χ1n) is 11.7. The molecule has 4 rings (SSSR count). The Morgan fingerprint density at radius 1 is 1.14 bits per heavy atom. The number of rotatable bonds is 9. The molecule has 3 aromatic rings. The third-order valence-electron chi connectivity index (χ3n) is 6.27. The molecule has 2 aromatic carbocycles. The van der Waals surface area contributed by atoms with E-state index < -0.39 is 39.1 Å². The van der Waals surface area contributed by atoms with Gasteiger partial charge in [-0.2, -0.15) is 17.5 Å². The monoisotopic (exact) mass is 552 g/mol. The zero-order chi connectivity index (χ0) is 26.6. The number of ether oxygens (including phenoxy) is 1. The average molecular weight is 553 g/mol. The molecule has 0 fully saturated rings. The zero-order valence-corrected chi connectivity index (χ0v) is 21.8. The van der Waals surface area contributed by atoms with Gasteiger partial charge < -0.3 is 9.64 Å². The van der Waals surface area contributed by atoms with E-state index in [0.29, 0.717) is 19.0 Å². The highest BCUT2D eigenvalue weighted by molar-refractivity contribution is 7.89. The number of carbonyl (C=O) groups excluding carboxylic acids is 1.